The van der Waals surface area contributed by atoms with E-state index in [9.17, 15) is 9.18 Å². The molecule has 1 aromatic carbocycles. The lowest BCUT2D eigenvalue weighted by Gasteiger charge is -2.25. The van der Waals surface area contributed by atoms with E-state index >= 15 is 0 Å². The molecular formula is C20H28FN3O. The Morgan fingerprint density at radius 3 is 2.56 bits per heavy atom. The van der Waals surface area contributed by atoms with Gasteiger partial charge in [0, 0.05) is 30.9 Å². The molecule has 0 aliphatic carbocycles. The second kappa shape index (κ2) is 8.79. The molecule has 0 unspecified atom stereocenters. The fraction of sp³-hybridized carbons (Fsp3) is 0.500. The Kier molecular flexibility index (Phi) is 6.73. The summed E-state index contributed by atoms with van der Waals surface area (Å²) in [5.41, 5.74) is 0.616. The molecule has 0 saturated carbocycles. The fourth-order valence-corrected chi connectivity index (χ4v) is 2.79. The average Bonchev–Trinajstić information content (AvgIpc) is 2.95. The normalized spacial score (nSPS) is 11.3. The molecule has 25 heavy (non-hydrogen) atoms. The van der Waals surface area contributed by atoms with Gasteiger partial charge >= 0.3 is 0 Å². The Hall–Kier alpha value is -2.17. The largest absolute Gasteiger partial charge is 0.335 e. The number of hydrogen-bond donors (Lipinski definition) is 0. The van der Waals surface area contributed by atoms with E-state index in [-0.39, 0.29) is 11.7 Å². The fourth-order valence-electron chi connectivity index (χ4n) is 2.79. The molecule has 1 heterocycles. The van der Waals surface area contributed by atoms with Crippen LogP contribution in [0.4, 0.5) is 4.39 Å². The van der Waals surface area contributed by atoms with E-state index in [1.807, 2.05) is 35.6 Å². The molecule has 0 aliphatic heterocycles. The molecule has 4 nitrogen and oxygen atoms in total. The van der Waals surface area contributed by atoms with Crippen LogP contribution in [0.3, 0.4) is 0 Å². The van der Waals surface area contributed by atoms with Crippen LogP contribution in [0.5, 0.6) is 0 Å². The highest BCUT2D eigenvalue weighted by molar-refractivity contribution is 5.76. The number of carbonyl (C=O) groups excluding carboxylic acids is 1. The number of benzene rings is 1. The maximum Gasteiger partial charge on any atom is 0.223 e. The predicted molar refractivity (Wildman–Crippen MR) is 97.4 cm³/mol. The van der Waals surface area contributed by atoms with Crippen molar-refractivity contribution in [2.24, 2.45) is 11.8 Å². The molecule has 0 N–H and O–H groups in total. The van der Waals surface area contributed by atoms with Crippen LogP contribution < -0.4 is 0 Å². The zero-order chi connectivity index (χ0) is 18.4. The number of carbonyl (C=O) groups is 1. The SMILES string of the molecule is CC(C)CC(=O)N(Cc1nccn1Cc1ccccc1F)CC(C)C. The predicted octanol–water partition coefficient (Wildman–Crippen LogP) is 4.10. The first-order valence-corrected chi connectivity index (χ1v) is 8.88. The zero-order valence-electron chi connectivity index (χ0n) is 15.6. The van der Waals surface area contributed by atoms with Crippen LogP contribution in [0.2, 0.25) is 0 Å². The number of hydrogen-bond acceptors (Lipinski definition) is 2. The third-order valence-corrected chi connectivity index (χ3v) is 3.95. The number of imidazole rings is 1. The molecule has 0 spiro atoms. The molecule has 2 rings (SSSR count). The van der Waals surface area contributed by atoms with Crippen LogP contribution in [0.1, 0.15) is 45.5 Å². The lowest BCUT2D eigenvalue weighted by Crippen LogP contribution is -2.35. The van der Waals surface area contributed by atoms with Gasteiger partial charge in [0.1, 0.15) is 11.6 Å². The number of aromatic nitrogens is 2. The summed E-state index contributed by atoms with van der Waals surface area (Å²) in [7, 11) is 0. The van der Waals surface area contributed by atoms with Gasteiger partial charge in [0.15, 0.2) is 0 Å². The van der Waals surface area contributed by atoms with Crippen LogP contribution in [0.25, 0.3) is 0 Å². The smallest absolute Gasteiger partial charge is 0.223 e. The number of nitrogens with zero attached hydrogens (tertiary/aromatic N) is 3. The molecular weight excluding hydrogens is 317 g/mol. The van der Waals surface area contributed by atoms with Gasteiger partial charge in [0.05, 0.1) is 13.1 Å². The molecule has 0 saturated heterocycles. The highest BCUT2D eigenvalue weighted by atomic mass is 19.1. The third-order valence-electron chi connectivity index (χ3n) is 3.95. The van der Waals surface area contributed by atoms with E-state index in [1.54, 1.807) is 18.3 Å². The first kappa shape index (κ1) is 19.2. The van der Waals surface area contributed by atoms with Crippen molar-refractivity contribution in [1.29, 1.82) is 0 Å². The summed E-state index contributed by atoms with van der Waals surface area (Å²) in [6.07, 6.45) is 4.07. The lowest BCUT2D eigenvalue weighted by molar-refractivity contribution is -0.133. The van der Waals surface area contributed by atoms with Gasteiger partial charge in [-0.1, -0.05) is 45.9 Å². The highest BCUT2D eigenvalue weighted by Crippen LogP contribution is 2.14. The summed E-state index contributed by atoms with van der Waals surface area (Å²) in [5, 5.41) is 0. The number of rotatable bonds is 8. The maximum absolute atomic E-state index is 13.9. The van der Waals surface area contributed by atoms with Crippen molar-refractivity contribution in [3.63, 3.8) is 0 Å². The van der Waals surface area contributed by atoms with Gasteiger partial charge in [-0.05, 0) is 17.9 Å². The van der Waals surface area contributed by atoms with Gasteiger partial charge < -0.3 is 9.47 Å². The molecule has 0 radical (unpaired) electrons. The molecule has 1 aromatic heterocycles. The van der Waals surface area contributed by atoms with Crippen LogP contribution >= 0.6 is 0 Å². The van der Waals surface area contributed by atoms with Crippen molar-refractivity contribution in [1.82, 2.24) is 14.5 Å². The van der Waals surface area contributed by atoms with Gasteiger partial charge in [-0.3, -0.25) is 4.79 Å². The van der Waals surface area contributed by atoms with Crippen LogP contribution in [0.15, 0.2) is 36.7 Å². The molecule has 136 valence electrons. The molecule has 5 heteroatoms. The summed E-state index contributed by atoms with van der Waals surface area (Å²) in [6, 6.07) is 6.74. The molecule has 0 aliphatic rings. The summed E-state index contributed by atoms with van der Waals surface area (Å²) in [4.78, 5) is 18.8. The Bertz CT molecular complexity index is 694. The zero-order valence-corrected chi connectivity index (χ0v) is 15.6. The third kappa shape index (κ3) is 5.69. The number of halogens is 1. The summed E-state index contributed by atoms with van der Waals surface area (Å²) in [6.45, 7) is 9.84. The highest BCUT2D eigenvalue weighted by Gasteiger charge is 2.19. The molecule has 1 amide bonds. The molecule has 0 atom stereocenters. The number of amides is 1. The molecule has 0 bridgehead atoms. The van der Waals surface area contributed by atoms with Crippen molar-refractivity contribution >= 4 is 5.91 Å². The Labute approximate surface area is 149 Å². The Balaban J connectivity index is 2.15. The maximum atomic E-state index is 13.9. The topological polar surface area (TPSA) is 38.1 Å². The van der Waals surface area contributed by atoms with Gasteiger partial charge in [-0.2, -0.15) is 0 Å². The van der Waals surface area contributed by atoms with E-state index in [4.69, 9.17) is 0 Å². The molecule has 0 fully saturated rings. The summed E-state index contributed by atoms with van der Waals surface area (Å²) < 4.78 is 15.8. The summed E-state index contributed by atoms with van der Waals surface area (Å²) >= 11 is 0. The van der Waals surface area contributed by atoms with Crippen molar-refractivity contribution in [2.75, 3.05) is 6.54 Å². The first-order valence-electron chi connectivity index (χ1n) is 8.88. The van der Waals surface area contributed by atoms with Gasteiger partial charge in [0.2, 0.25) is 5.91 Å². The van der Waals surface area contributed by atoms with Crippen LogP contribution in [-0.2, 0) is 17.9 Å². The minimum atomic E-state index is -0.225. The van der Waals surface area contributed by atoms with Crippen molar-refractivity contribution in [3.05, 3.63) is 53.9 Å². The summed E-state index contributed by atoms with van der Waals surface area (Å²) in [5.74, 6) is 1.40. The first-order chi connectivity index (χ1) is 11.9. The standard InChI is InChI=1S/C20H28FN3O/c1-15(2)11-20(25)24(12-16(3)4)14-19-22-9-10-23(19)13-17-7-5-6-8-18(17)21/h5-10,15-16H,11-14H2,1-4H3. The van der Waals surface area contributed by atoms with E-state index in [0.717, 1.165) is 5.82 Å². The monoisotopic (exact) mass is 345 g/mol. The second-order valence-electron chi connectivity index (χ2n) is 7.33. The van der Waals surface area contributed by atoms with Gasteiger partial charge in [0.25, 0.3) is 0 Å². The molecule has 2 aromatic rings. The van der Waals surface area contributed by atoms with Crippen molar-refractivity contribution in [3.8, 4) is 0 Å². The van der Waals surface area contributed by atoms with E-state index in [0.29, 0.717) is 43.5 Å². The van der Waals surface area contributed by atoms with E-state index < -0.39 is 0 Å². The van der Waals surface area contributed by atoms with Crippen LogP contribution in [0, 0.1) is 17.7 Å². The lowest BCUT2D eigenvalue weighted by atomic mass is 10.1. The van der Waals surface area contributed by atoms with Gasteiger partial charge in [-0.25, -0.2) is 9.37 Å². The second-order valence-corrected chi connectivity index (χ2v) is 7.33. The Morgan fingerprint density at radius 1 is 1.20 bits per heavy atom. The Morgan fingerprint density at radius 2 is 1.92 bits per heavy atom. The minimum absolute atomic E-state index is 0.143. The quantitative estimate of drug-likeness (QED) is 0.722. The van der Waals surface area contributed by atoms with Crippen molar-refractivity contribution in [2.45, 2.75) is 47.2 Å². The van der Waals surface area contributed by atoms with Crippen LogP contribution in [-0.4, -0.2) is 26.9 Å². The minimum Gasteiger partial charge on any atom is -0.335 e. The van der Waals surface area contributed by atoms with Crippen molar-refractivity contribution < 1.29 is 9.18 Å². The van der Waals surface area contributed by atoms with E-state index in [1.165, 1.54) is 6.07 Å². The average molecular weight is 345 g/mol. The van der Waals surface area contributed by atoms with E-state index in [2.05, 4.69) is 18.8 Å². The van der Waals surface area contributed by atoms with Gasteiger partial charge in [-0.15, -0.1) is 0 Å².